The fourth-order valence-corrected chi connectivity index (χ4v) is 1.98. The van der Waals surface area contributed by atoms with Crippen LogP contribution in [0.15, 0.2) is 24.3 Å². The average molecular weight is 190 g/mol. The van der Waals surface area contributed by atoms with Crippen molar-refractivity contribution in [3.63, 3.8) is 0 Å². The summed E-state index contributed by atoms with van der Waals surface area (Å²) in [6.45, 7) is 2.91. The highest BCUT2D eigenvalue weighted by molar-refractivity contribution is 5.92. The minimum atomic E-state index is -0.357. The van der Waals surface area contributed by atoms with Gasteiger partial charge in [-0.1, -0.05) is 25.1 Å². The second kappa shape index (κ2) is 3.33. The fourth-order valence-electron chi connectivity index (χ4n) is 1.98. The quantitative estimate of drug-likeness (QED) is 0.669. The van der Waals surface area contributed by atoms with Crippen LogP contribution >= 0.6 is 0 Å². The summed E-state index contributed by atoms with van der Waals surface area (Å²) >= 11 is 0. The minimum absolute atomic E-state index is 0.357. The summed E-state index contributed by atoms with van der Waals surface area (Å²) in [6.07, 6.45) is 0.986. The number of fused-ring (bicyclic) bond motifs is 1. The van der Waals surface area contributed by atoms with E-state index in [1.54, 1.807) is 4.90 Å². The van der Waals surface area contributed by atoms with Crippen molar-refractivity contribution in [3.05, 3.63) is 29.8 Å². The van der Waals surface area contributed by atoms with Crippen LogP contribution in [0.25, 0.3) is 0 Å². The van der Waals surface area contributed by atoms with Gasteiger partial charge in [-0.3, -0.25) is 4.90 Å². The molecule has 1 atom stereocenters. The fraction of sp³-hybridized carbons (Fsp3) is 0.364. The molecule has 3 nitrogen and oxygen atoms in total. The Balaban J connectivity index is 2.46. The molecule has 2 rings (SSSR count). The van der Waals surface area contributed by atoms with Crippen molar-refractivity contribution in [3.8, 4) is 0 Å². The van der Waals surface area contributed by atoms with Crippen molar-refractivity contribution >= 4 is 11.7 Å². The van der Waals surface area contributed by atoms with Crippen molar-refractivity contribution in [1.82, 2.24) is 0 Å². The topological polar surface area (TPSA) is 46.3 Å². The number of benzene rings is 1. The summed E-state index contributed by atoms with van der Waals surface area (Å²) < 4.78 is 0. The maximum atomic E-state index is 11.2. The SMILES string of the molecule is CC1CCN(C(N)=O)c2ccccc21. The van der Waals surface area contributed by atoms with Crippen molar-refractivity contribution < 1.29 is 4.79 Å². The number of para-hydroxylation sites is 1. The predicted molar refractivity (Wildman–Crippen MR) is 56.4 cm³/mol. The second-order valence-corrected chi connectivity index (χ2v) is 3.74. The number of nitrogens with two attached hydrogens (primary N) is 1. The summed E-state index contributed by atoms with van der Waals surface area (Å²) in [4.78, 5) is 12.8. The van der Waals surface area contributed by atoms with E-state index in [2.05, 4.69) is 13.0 Å². The Labute approximate surface area is 83.5 Å². The molecule has 0 radical (unpaired) electrons. The molecule has 0 saturated heterocycles. The number of hydrogen-bond acceptors (Lipinski definition) is 1. The number of hydrogen-bond donors (Lipinski definition) is 1. The largest absolute Gasteiger partial charge is 0.351 e. The zero-order chi connectivity index (χ0) is 10.1. The monoisotopic (exact) mass is 190 g/mol. The highest BCUT2D eigenvalue weighted by Gasteiger charge is 2.24. The first-order chi connectivity index (χ1) is 6.70. The second-order valence-electron chi connectivity index (χ2n) is 3.74. The van der Waals surface area contributed by atoms with Gasteiger partial charge in [0.15, 0.2) is 0 Å². The van der Waals surface area contributed by atoms with Crippen molar-refractivity contribution in [1.29, 1.82) is 0 Å². The Morgan fingerprint density at radius 2 is 2.21 bits per heavy atom. The van der Waals surface area contributed by atoms with Crippen LogP contribution in [0, 0.1) is 0 Å². The van der Waals surface area contributed by atoms with Gasteiger partial charge in [-0.25, -0.2) is 4.79 Å². The Bertz CT molecular complexity index is 362. The molecule has 0 fully saturated rings. The summed E-state index contributed by atoms with van der Waals surface area (Å²) in [7, 11) is 0. The van der Waals surface area contributed by atoms with E-state index in [9.17, 15) is 4.79 Å². The molecular weight excluding hydrogens is 176 g/mol. The molecule has 0 aromatic heterocycles. The lowest BCUT2D eigenvalue weighted by Gasteiger charge is -2.31. The van der Waals surface area contributed by atoms with Gasteiger partial charge in [0, 0.05) is 12.2 Å². The summed E-state index contributed by atoms with van der Waals surface area (Å²) in [5.41, 5.74) is 7.51. The van der Waals surface area contributed by atoms with Gasteiger partial charge in [0.25, 0.3) is 0 Å². The number of anilines is 1. The molecule has 14 heavy (non-hydrogen) atoms. The summed E-state index contributed by atoms with van der Waals surface area (Å²) in [5, 5.41) is 0. The Hall–Kier alpha value is -1.51. The predicted octanol–water partition coefficient (Wildman–Crippen LogP) is 2.08. The smallest absolute Gasteiger partial charge is 0.319 e. The third-order valence-electron chi connectivity index (χ3n) is 2.81. The molecule has 74 valence electrons. The van der Waals surface area contributed by atoms with E-state index in [0.29, 0.717) is 5.92 Å². The maximum Gasteiger partial charge on any atom is 0.319 e. The van der Waals surface area contributed by atoms with Crippen LogP contribution in [0.3, 0.4) is 0 Å². The van der Waals surface area contributed by atoms with Crippen LogP contribution in [0.2, 0.25) is 0 Å². The summed E-state index contributed by atoms with van der Waals surface area (Å²) in [5.74, 6) is 0.516. The number of carbonyl (C=O) groups excluding carboxylic acids is 1. The molecule has 2 amide bonds. The highest BCUT2D eigenvalue weighted by Crippen LogP contribution is 2.34. The van der Waals surface area contributed by atoms with E-state index in [1.165, 1.54) is 5.56 Å². The molecule has 0 saturated carbocycles. The molecule has 0 spiro atoms. The standard InChI is InChI=1S/C11H14N2O/c1-8-6-7-13(11(12)14)10-5-3-2-4-9(8)10/h2-5,8H,6-7H2,1H3,(H2,12,14). The normalized spacial score (nSPS) is 20.4. The zero-order valence-corrected chi connectivity index (χ0v) is 8.23. The Kier molecular flexibility index (Phi) is 2.15. The third kappa shape index (κ3) is 1.35. The molecule has 1 aliphatic rings. The van der Waals surface area contributed by atoms with Gasteiger partial charge >= 0.3 is 6.03 Å². The van der Waals surface area contributed by atoms with Crippen molar-refractivity contribution in [2.75, 3.05) is 11.4 Å². The molecule has 1 aliphatic heterocycles. The van der Waals surface area contributed by atoms with Gasteiger partial charge in [0.05, 0.1) is 0 Å². The zero-order valence-electron chi connectivity index (χ0n) is 8.23. The molecule has 2 N–H and O–H groups in total. The Morgan fingerprint density at radius 3 is 2.93 bits per heavy atom. The third-order valence-corrected chi connectivity index (χ3v) is 2.81. The number of nitrogens with zero attached hydrogens (tertiary/aromatic N) is 1. The minimum Gasteiger partial charge on any atom is -0.351 e. The van der Waals surface area contributed by atoms with Crippen LogP contribution < -0.4 is 10.6 Å². The lowest BCUT2D eigenvalue weighted by molar-refractivity contribution is 0.253. The summed E-state index contributed by atoms with van der Waals surface area (Å²) in [6, 6.07) is 7.60. The first kappa shape index (κ1) is 9.06. The van der Waals surface area contributed by atoms with Gasteiger partial charge in [0.2, 0.25) is 0 Å². The van der Waals surface area contributed by atoms with E-state index in [4.69, 9.17) is 5.73 Å². The van der Waals surface area contributed by atoms with Gasteiger partial charge in [-0.2, -0.15) is 0 Å². The molecule has 1 aromatic rings. The molecular formula is C11H14N2O. The molecule has 0 bridgehead atoms. The van der Waals surface area contributed by atoms with E-state index in [-0.39, 0.29) is 6.03 Å². The van der Waals surface area contributed by atoms with Gasteiger partial charge < -0.3 is 5.73 Å². The first-order valence-corrected chi connectivity index (χ1v) is 4.86. The number of amides is 2. The molecule has 3 heteroatoms. The van der Waals surface area contributed by atoms with Gasteiger partial charge in [-0.15, -0.1) is 0 Å². The lowest BCUT2D eigenvalue weighted by Crippen LogP contribution is -2.39. The maximum absolute atomic E-state index is 11.2. The molecule has 0 aliphatic carbocycles. The van der Waals surface area contributed by atoms with Gasteiger partial charge in [-0.05, 0) is 24.0 Å². The highest BCUT2D eigenvalue weighted by atomic mass is 16.2. The lowest BCUT2D eigenvalue weighted by atomic mass is 9.92. The van der Waals surface area contributed by atoms with Crippen LogP contribution in [0.4, 0.5) is 10.5 Å². The van der Waals surface area contributed by atoms with E-state index >= 15 is 0 Å². The number of urea groups is 1. The van der Waals surface area contributed by atoms with Crippen LogP contribution in [-0.4, -0.2) is 12.6 Å². The number of carbonyl (C=O) groups is 1. The number of rotatable bonds is 0. The molecule has 1 heterocycles. The number of primary amides is 1. The Morgan fingerprint density at radius 1 is 1.50 bits per heavy atom. The first-order valence-electron chi connectivity index (χ1n) is 4.86. The van der Waals surface area contributed by atoms with Crippen molar-refractivity contribution in [2.45, 2.75) is 19.3 Å². The molecule has 1 aromatic carbocycles. The van der Waals surface area contributed by atoms with Crippen LogP contribution in [-0.2, 0) is 0 Å². The van der Waals surface area contributed by atoms with Crippen LogP contribution in [0.1, 0.15) is 24.8 Å². The van der Waals surface area contributed by atoms with E-state index in [1.807, 2.05) is 18.2 Å². The average Bonchev–Trinajstić information content (AvgIpc) is 2.18. The van der Waals surface area contributed by atoms with Crippen LogP contribution in [0.5, 0.6) is 0 Å². The van der Waals surface area contributed by atoms with E-state index in [0.717, 1.165) is 18.7 Å². The van der Waals surface area contributed by atoms with Crippen molar-refractivity contribution in [2.24, 2.45) is 5.73 Å². The molecule has 1 unspecified atom stereocenters. The van der Waals surface area contributed by atoms with E-state index < -0.39 is 0 Å². The van der Waals surface area contributed by atoms with Gasteiger partial charge in [0.1, 0.15) is 0 Å².